The monoisotopic (exact) mass is 217 g/mol. The first kappa shape index (κ1) is 11.7. The van der Waals surface area contributed by atoms with Gasteiger partial charge in [-0.2, -0.15) is 0 Å². The molecule has 1 heteroatoms. The molecule has 0 aliphatic heterocycles. The molecule has 0 saturated heterocycles. The standard InChI is InChI=1S/C15H23N/c1-13-8-4-2-7-11-15(13)16-12-14-9-5-3-6-10-14/h3,5-6,9-10,13,15-16H,2,4,7-8,11-12H2,1H3. The van der Waals surface area contributed by atoms with Crippen LogP contribution in [0.4, 0.5) is 0 Å². The zero-order valence-corrected chi connectivity index (χ0v) is 10.3. The van der Waals surface area contributed by atoms with Crippen LogP contribution < -0.4 is 5.32 Å². The van der Waals surface area contributed by atoms with Crippen molar-refractivity contribution in [2.24, 2.45) is 5.92 Å². The van der Waals surface area contributed by atoms with E-state index in [-0.39, 0.29) is 0 Å². The molecule has 88 valence electrons. The van der Waals surface area contributed by atoms with Gasteiger partial charge in [0.2, 0.25) is 0 Å². The number of rotatable bonds is 3. The van der Waals surface area contributed by atoms with Crippen molar-refractivity contribution in [2.45, 2.75) is 51.6 Å². The predicted molar refractivity (Wildman–Crippen MR) is 69.3 cm³/mol. The lowest BCUT2D eigenvalue weighted by atomic mass is 9.97. The fourth-order valence-electron chi connectivity index (χ4n) is 2.64. The van der Waals surface area contributed by atoms with Crippen LogP contribution in [-0.4, -0.2) is 6.04 Å². The molecule has 1 aromatic rings. The number of benzene rings is 1. The molecule has 2 atom stereocenters. The summed E-state index contributed by atoms with van der Waals surface area (Å²) in [5.74, 6) is 0.839. The van der Waals surface area contributed by atoms with E-state index in [0.29, 0.717) is 0 Å². The van der Waals surface area contributed by atoms with Crippen LogP contribution in [0, 0.1) is 5.92 Å². The molecule has 1 N–H and O–H groups in total. The van der Waals surface area contributed by atoms with E-state index in [9.17, 15) is 0 Å². The third-order valence-corrected chi connectivity index (χ3v) is 3.77. The quantitative estimate of drug-likeness (QED) is 0.760. The lowest BCUT2D eigenvalue weighted by Crippen LogP contribution is -2.33. The van der Waals surface area contributed by atoms with Crippen LogP contribution in [0.15, 0.2) is 30.3 Å². The SMILES string of the molecule is CC1CCCCCC1NCc1ccccc1. The summed E-state index contributed by atoms with van der Waals surface area (Å²) >= 11 is 0. The first-order chi connectivity index (χ1) is 7.86. The second-order valence-electron chi connectivity index (χ2n) is 5.09. The van der Waals surface area contributed by atoms with Crippen molar-refractivity contribution < 1.29 is 0 Å². The van der Waals surface area contributed by atoms with Crippen LogP contribution in [0.3, 0.4) is 0 Å². The molecule has 0 bridgehead atoms. The van der Waals surface area contributed by atoms with E-state index in [4.69, 9.17) is 0 Å². The van der Waals surface area contributed by atoms with Crippen LogP contribution in [0.25, 0.3) is 0 Å². The van der Waals surface area contributed by atoms with Crippen LogP contribution in [0.1, 0.15) is 44.6 Å². The molecule has 16 heavy (non-hydrogen) atoms. The molecular weight excluding hydrogens is 194 g/mol. The molecule has 0 spiro atoms. The third-order valence-electron chi connectivity index (χ3n) is 3.77. The van der Waals surface area contributed by atoms with E-state index in [1.807, 2.05) is 0 Å². The molecule has 2 rings (SSSR count). The zero-order valence-electron chi connectivity index (χ0n) is 10.3. The molecule has 1 nitrogen and oxygen atoms in total. The molecule has 0 radical (unpaired) electrons. The van der Waals surface area contributed by atoms with Gasteiger partial charge in [0.05, 0.1) is 0 Å². The summed E-state index contributed by atoms with van der Waals surface area (Å²) in [6, 6.07) is 11.4. The van der Waals surface area contributed by atoms with Gasteiger partial charge in [0.15, 0.2) is 0 Å². The Morgan fingerprint density at radius 3 is 2.62 bits per heavy atom. The second-order valence-corrected chi connectivity index (χ2v) is 5.09. The van der Waals surface area contributed by atoms with Gasteiger partial charge in [0.1, 0.15) is 0 Å². The molecule has 0 amide bonds. The summed E-state index contributed by atoms with van der Waals surface area (Å²) in [5.41, 5.74) is 1.40. The van der Waals surface area contributed by atoms with Crippen molar-refractivity contribution in [1.82, 2.24) is 5.32 Å². The Morgan fingerprint density at radius 2 is 1.81 bits per heavy atom. The molecule has 1 aliphatic rings. The van der Waals surface area contributed by atoms with E-state index in [1.165, 1.54) is 37.7 Å². The lowest BCUT2D eigenvalue weighted by molar-refractivity contribution is 0.356. The van der Waals surface area contributed by atoms with Gasteiger partial charge in [-0.25, -0.2) is 0 Å². The molecule has 0 heterocycles. The maximum absolute atomic E-state index is 3.73. The molecule has 1 saturated carbocycles. The topological polar surface area (TPSA) is 12.0 Å². The maximum atomic E-state index is 3.73. The van der Waals surface area contributed by atoms with Gasteiger partial charge in [-0.1, -0.05) is 56.5 Å². The maximum Gasteiger partial charge on any atom is 0.0208 e. The Hall–Kier alpha value is -0.820. The Balaban J connectivity index is 1.84. The van der Waals surface area contributed by atoms with Crippen molar-refractivity contribution in [3.05, 3.63) is 35.9 Å². The highest BCUT2D eigenvalue weighted by Gasteiger charge is 2.18. The Morgan fingerprint density at radius 1 is 1.06 bits per heavy atom. The van der Waals surface area contributed by atoms with E-state index < -0.39 is 0 Å². The van der Waals surface area contributed by atoms with Crippen LogP contribution in [0.5, 0.6) is 0 Å². The number of hydrogen-bond acceptors (Lipinski definition) is 1. The van der Waals surface area contributed by atoms with Gasteiger partial charge < -0.3 is 5.32 Å². The predicted octanol–water partition coefficient (Wildman–Crippen LogP) is 3.75. The van der Waals surface area contributed by atoms with Crippen molar-refractivity contribution >= 4 is 0 Å². The Bertz CT molecular complexity index is 294. The van der Waals surface area contributed by atoms with Crippen molar-refractivity contribution in [1.29, 1.82) is 0 Å². The molecular formula is C15H23N. The normalized spacial score (nSPS) is 26.3. The molecule has 1 aliphatic carbocycles. The van der Waals surface area contributed by atoms with Gasteiger partial charge in [0, 0.05) is 12.6 Å². The zero-order chi connectivity index (χ0) is 11.2. The third kappa shape index (κ3) is 3.34. The van der Waals surface area contributed by atoms with Gasteiger partial charge in [-0.05, 0) is 24.3 Å². The van der Waals surface area contributed by atoms with Gasteiger partial charge in [-0.15, -0.1) is 0 Å². The van der Waals surface area contributed by atoms with E-state index >= 15 is 0 Å². The highest BCUT2D eigenvalue weighted by molar-refractivity contribution is 5.14. The Kier molecular flexibility index (Phi) is 4.41. The summed E-state index contributed by atoms with van der Waals surface area (Å²) in [7, 11) is 0. The molecule has 2 unspecified atom stereocenters. The van der Waals surface area contributed by atoms with Crippen LogP contribution >= 0.6 is 0 Å². The summed E-state index contributed by atoms with van der Waals surface area (Å²) in [6.45, 7) is 3.42. The molecule has 1 aromatic carbocycles. The van der Waals surface area contributed by atoms with Gasteiger partial charge in [-0.3, -0.25) is 0 Å². The summed E-state index contributed by atoms with van der Waals surface area (Å²) in [4.78, 5) is 0. The van der Waals surface area contributed by atoms with E-state index in [2.05, 4.69) is 42.6 Å². The van der Waals surface area contributed by atoms with E-state index in [0.717, 1.165) is 18.5 Å². The average molecular weight is 217 g/mol. The van der Waals surface area contributed by atoms with Crippen molar-refractivity contribution in [2.75, 3.05) is 0 Å². The molecule has 0 aromatic heterocycles. The first-order valence-corrected chi connectivity index (χ1v) is 6.63. The van der Waals surface area contributed by atoms with Gasteiger partial charge in [0.25, 0.3) is 0 Å². The summed E-state index contributed by atoms with van der Waals surface area (Å²) in [6.07, 6.45) is 7.00. The highest BCUT2D eigenvalue weighted by Crippen LogP contribution is 2.23. The first-order valence-electron chi connectivity index (χ1n) is 6.63. The largest absolute Gasteiger partial charge is 0.310 e. The minimum atomic E-state index is 0.725. The fourth-order valence-corrected chi connectivity index (χ4v) is 2.64. The molecule has 1 fully saturated rings. The van der Waals surface area contributed by atoms with Crippen molar-refractivity contribution in [3.8, 4) is 0 Å². The fraction of sp³-hybridized carbons (Fsp3) is 0.600. The number of nitrogens with one attached hydrogen (secondary N) is 1. The van der Waals surface area contributed by atoms with E-state index in [1.54, 1.807) is 0 Å². The second kappa shape index (κ2) is 6.05. The lowest BCUT2D eigenvalue weighted by Gasteiger charge is -2.22. The van der Waals surface area contributed by atoms with Crippen LogP contribution in [-0.2, 0) is 6.54 Å². The minimum Gasteiger partial charge on any atom is -0.310 e. The number of hydrogen-bond donors (Lipinski definition) is 1. The summed E-state index contributed by atoms with van der Waals surface area (Å²) in [5, 5.41) is 3.73. The van der Waals surface area contributed by atoms with Crippen LogP contribution in [0.2, 0.25) is 0 Å². The highest BCUT2D eigenvalue weighted by atomic mass is 14.9. The minimum absolute atomic E-state index is 0.725. The van der Waals surface area contributed by atoms with Crippen molar-refractivity contribution in [3.63, 3.8) is 0 Å². The average Bonchev–Trinajstić information content (AvgIpc) is 2.53. The smallest absolute Gasteiger partial charge is 0.0208 e. The summed E-state index contributed by atoms with van der Waals surface area (Å²) < 4.78 is 0. The Labute approximate surface area is 99.3 Å². The van der Waals surface area contributed by atoms with Gasteiger partial charge >= 0.3 is 0 Å².